The lowest BCUT2D eigenvalue weighted by atomic mass is 9.34. The van der Waals surface area contributed by atoms with Gasteiger partial charge < -0.3 is 14.9 Å². The molecule has 4 saturated carbocycles. The third-order valence-corrected chi connectivity index (χ3v) is 11.4. The molecule has 10 atom stereocenters. The summed E-state index contributed by atoms with van der Waals surface area (Å²) in [6.45, 7) is 10.9. The number of rotatable bonds is 2. The smallest absolute Gasteiger partial charge is 0.310 e. The first-order valence-electron chi connectivity index (χ1n) is 12.4. The van der Waals surface area contributed by atoms with Gasteiger partial charge in [0.15, 0.2) is 0 Å². The molecule has 5 rings (SSSR count). The summed E-state index contributed by atoms with van der Waals surface area (Å²) in [5.41, 5.74) is -0.453. The maximum Gasteiger partial charge on any atom is 0.310 e. The Morgan fingerprint density at radius 1 is 1.06 bits per heavy atom. The van der Waals surface area contributed by atoms with Gasteiger partial charge in [-0.3, -0.25) is 9.59 Å². The number of hydrogen-bond donors (Lipinski definition) is 2. The second-order valence-electron chi connectivity index (χ2n) is 12.9. The average Bonchev–Trinajstić information content (AvgIpc) is 2.93. The number of fused-ring (bicyclic) bond motifs is 4. The lowest BCUT2D eigenvalue weighted by molar-refractivity contribution is -0.247. The van der Waals surface area contributed by atoms with Crippen molar-refractivity contribution in [3.05, 3.63) is 0 Å². The summed E-state index contributed by atoms with van der Waals surface area (Å²) in [5, 5.41) is 22.0. The summed E-state index contributed by atoms with van der Waals surface area (Å²) >= 11 is 0. The standard InChI is InChI=1S/C26H40O5/c1-14(28)20-15(29)11-17-24(4)10-7-16-23(2,3)8-6-9-26(16,13-27)18(24)12-19-25(17,5)21(20)22(30)31-19/h15-21,27,29H,6-13H2,1-5H3/t15-,16+,17+,18+,19-,20?,21-,24+,25-,26-/m1/s1. The van der Waals surface area contributed by atoms with Gasteiger partial charge in [-0.1, -0.05) is 34.1 Å². The van der Waals surface area contributed by atoms with Crippen molar-refractivity contribution >= 4 is 11.8 Å². The summed E-state index contributed by atoms with van der Waals surface area (Å²) in [4.78, 5) is 25.6. The summed E-state index contributed by atoms with van der Waals surface area (Å²) in [7, 11) is 0. The Kier molecular flexibility index (Phi) is 4.63. The minimum absolute atomic E-state index is 0.0765. The minimum atomic E-state index is -0.798. The third-order valence-electron chi connectivity index (χ3n) is 11.4. The number of ether oxygens (including phenoxy) is 1. The van der Waals surface area contributed by atoms with Gasteiger partial charge in [-0.05, 0) is 74.0 Å². The fourth-order valence-corrected chi connectivity index (χ4v) is 10.2. The van der Waals surface area contributed by atoms with Gasteiger partial charge in [-0.15, -0.1) is 0 Å². The van der Waals surface area contributed by atoms with E-state index in [2.05, 4.69) is 27.7 Å². The first kappa shape index (κ1) is 21.9. The van der Waals surface area contributed by atoms with Crippen LogP contribution in [-0.2, 0) is 14.3 Å². The molecule has 0 bridgehead atoms. The largest absolute Gasteiger partial charge is 0.461 e. The molecule has 5 nitrogen and oxygen atoms in total. The Morgan fingerprint density at radius 3 is 2.42 bits per heavy atom. The van der Waals surface area contributed by atoms with E-state index in [0.29, 0.717) is 12.3 Å². The number of carbonyl (C=O) groups is 2. The summed E-state index contributed by atoms with van der Waals surface area (Å²) in [6.07, 6.45) is 5.80. The zero-order chi connectivity index (χ0) is 22.6. The number of ketones is 1. The first-order chi connectivity index (χ1) is 14.4. The van der Waals surface area contributed by atoms with Gasteiger partial charge in [-0.2, -0.15) is 0 Å². The molecule has 5 heteroatoms. The number of hydrogen-bond acceptors (Lipinski definition) is 5. The van der Waals surface area contributed by atoms with Gasteiger partial charge in [-0.25, -0.2) is 0 Å². The second-order valence-corrected chi connectivity index (χ2v) is 12.9. The average molecular weight is 433 g/mol. The molecule has 0 amide bonds. The monoisotopic (exact) mass is 432 g/mol. The molecule has 31 heavy (non-hydrogen) atoms. The molecule has 1 aliphatic heterocycles. The van der Waals surface area contributed by atoms with Gasteiger partial charge in [0, 0.05) is 17.4 Å². The van der Waals surface area contributed by atoms with Crippen LogP contribution in [0.15, 0.2) is 0 Å². The molecule has 0 aromatic rings. The molecule has 1 saturated heterocycles. The molecule has 0 radical (unpaired) electrons. The van der Waals surface area contributed by atoms with Crippen LogP contribution in [0.1, 0.15) is 79.6 Å². The SMILES string of the molecule is CC(=O)C1[C@H](O)C[C@H]2[C@]3(C)CC[C@H]4C(C)(C)CCC[C@]4(CO)[C@H]3C[C@H]3OC(=O)[C@@H]1[C@@]32C. The van der Waals surface area contributed by atoms with Crippen molar-refractivity contribution < 1.29 is 24.5 Å². The van der Waals surface area contributed by atoms with E-state index in [1.165, 1.54) is 13.3 Å². The number of esters is 1. The highest BCUT2D eigenvalue weighted by molar-refractivity contribution is 5.88. The number of aliphatic hydroxyl groups excluding tert-OH is 2. The van der Waals surface area contributed by atoms with Crippen LogP contribution >= 0.6 is 0 Å². The fourth-order valence-electron chi connectivity index (χ4n) is 10.2. The molecule has 4 aliphatic carbocycles. The van der Waals surface area contributed by atoms with E-state index in [1.54, 1.807) is 0 Å². The molecule has 0 spiro atoms. The predicted molar refractivity (Wildman–Crippen MR) is 116 cm³/mol. The summed E-state index contributed by atoms with van der Waals surface area (Å²) in [6, 6.07) is 0. The van der Waals surface area contributed by atoms with Crippen LogP contribution < -0.4 is 0 Å². The summed E-state index contributed by atoms with van der Waals surface area (Å²) in [5.74, 6) is -0.765. The van der Waals surface area contributed by atoms with Gasteiger partial charge in [0.05, 0.1) is 17.9 Å². The van der Waals surface area contributed by atoms with E-state index in [9.17, 15) is 19.8 Å². The fraction of sp³-hybridized carbons (Fsp3) is 0.923. The lowest BCUT2D eigenvalue weighted by Gasteiger charge is -2.70. The van der Waals surface area contributed by atoms with Crippen LogP contribution in [0.25, 0.3) is 0 Å². The van der Waals surface area contributed by atoms with E-state index >= 15 is 0 Å². The molecule has 0 aromatic carbocycles. The molecular weight excluding hydrogens is 392 g/mol. The molecule has 1 unspecified atom stereocenters. The molecule has 5 aliphatic rings. The van der Waals surface area contributed by atoms with Crippen LogP contribution in [0.4, 0.5) is 0 Å². The van der Waals surface area contributed by atoms with Crippen molar-refractivity contribution in [2.75, 3.05) is 6.61 Å². The highest BCUT2D eigenvalue weighted by Gasteiger charge is 2.75. The Morgan fingerprint density at radius 2 is 1.77 bits per heavy atom. The Bertz CT molecular complexity index is 806. The topological polar surface area (TPSA) is 83.8 Å². The zero-order valence-electron chi connectivity index (χ0n) is 19.8. The molecule has 174 valence electrons. The maximum atomic E-state index is 13.1. The van der Waals surface area contributed by atoms with Crippen molar-refractivity contribution in [2.24, 2.45) is 51.2 Å². The van der Waals surface area contributed by atoms with Crippen LogP contribution in [0.5, 0.6) is 0 Å². The van der Waals surface area contributed by atoms with Gasteiger partial charge >= 0.3 is 5.97 Å². The molecule has 1 heterocycles. The van der Waals surface area contributed by atoms with Gasteiger partial charge in [0.1, 0.15) is 11.9 Å². The van der Waals surface area contributed by atoms with Gasteiger partial charge in [0.25, 0.3) is 0 Å². The first-order valence-corrected chi connectivity index (χ1v) is 12.4. The zero-order valence-corrected chi connectivity index (χ0v) is 19.8. The lowest BCUT2D eigenvalue weighted by Crippen LogP contribution is -2.68. The molecule has 5 fully saturated rings. The number of carbonyl (C=O) groups excluding carboxylic acids is 2. The van der Waals surface area contributed by atoms with Gasteiger partial charge in [0.2, 0.25) is 0 Å². The van der Waals surface area contributed by atoms with Crippen molar-refractivity contribution in [3.63, 3.8) is 0 Å². The Balaban J connectivity index is 1.63. The quantitative estimate of drug-likeness (QED) is 0.650. The van der Waals surface area contributed by atoms with Crippen molar-refractivity contribution in [2.45, 2.75) is 91.8 Å². The molecule has 2 N–H and O–H groups in total. The Labute approximate surface area is 186 Å². The summed E-state index contributed by atoms with van der Waals surface area (Å²) < 4.78 is 6.04. The van der Waals surface area contributed by atoms with E-state index in [1.807, 2.05) is 0 Å². The number of aliphatic hydroxyl groups is 2. The van der Waals surface area contributed by atoms with E-state index in [-0.39, 0.29) is 52.5 Å². The van der Waals surface area contributed by atoms with Crippen LogP contribution in [0, 0.1) is 51.2 Å². The van der Waals surface area contributed by atoms with Crippen LogP contribution in [0.3, 0.4) is 0 Å². The number of Topliss-reactive ketones (excluding diaryl/α,β-unsaturated/α-hetero) is 1. The van der Waals surface area contributed by atoms with E-state index in [4.69, 9.17) is 4.74 Å². The second kappa shape index (κ2) is 6.56. The van der Waals surface area contributed by atoms with Crippen LogP contribution in [0.2, 0.25) is 0 Å². The molecular formula is C26H40O5. The van der Waals surface area contributed by atoms with Crippen LogP contribution in [-0.4, -0.2) is 40.8 Å². The normalized spacial score (nSPS) is 54.9. The third kappa shape index (κ3) is 2.51. The maximum absolute atomic E-state index is 13.1. The minimum Gasteiger partial charge on any atom is -0.461 e. The highest BCUT2D eigenvalue weighted by Crippen LogP contribution is 2.75. The molecule has 0 aromatic heterocycles. The van der Waals surface area contributed by atoms with Crippen molar-refractivity contribution in [3.8, 4) is 0 Å². The Hall–Kier alpha value is -0.940. The van der Waals surface area contributed by atoms with Crippen molar-refractivity contribution in [1.82, 2.24) is 0 Å². The van der Waals surface area contributed by atoms with E-state index < -0.39 is 23.4 Å². The highest BCUT2D eigenvalue weighted by atomic mass is 16.6. The van der Waals surface area contributed by atoms with Crippen molar-refractivity contribution in [1.29, 1.82) is 0 Å². The van der Waals surface area contributed by atoms with E-state index in [0.717, 1.165) is 32.1 Å². The predicted octanol–water partition coefficient (Wildman–Crippen LogP) is 3.75.